The van der Waals surface area contributed by atoms with Gasteiger partial charge in [0.1, 0.15) is 0 Å². The normalized spacial score (nSPS) is 10.7. The average Bonchev–Trinajstić information content (AvgIpc) is 2.01. The number of nitrogens with zero attached hydrogens (tertiary/aromatic N) is 1. The first-order valence-electron chi connectivity index (χ1n) is 3.91. The zero-order chi connectivity index (χ0) is 8.97. The van der Waals surface area contributed by atoms with Gasteiger partial charge in [-0.25, -0.2) is 4.98 Å². The number of rotatable bonds is 3. The molecule has 1 aromatic heterocycles. The lowest BCUT2D eigenvalue weighted by molar-refractivity contribution is 0.0632. The van der Waals surface area contributed by atoms with Crippen LogP contribution in [0, 0.1) is 5.95 Å². The Hall–Kier alpha value is -0.960. The minimum absolute atomic E-state index is 0.148. The molecule has 0 spiro atoms. The summed E-state index contributed by atoms with van der Waals surface area (Å²) in [6.45, 7) is 4.23. The Bertz CT molecular complexity index is 250. The van der Waals surface area contributed by atoms with Crippen LogP contribution in [0.5, 0.6) is 0 Å². The molecule has 0 saturated heterocycles. The molecule has 1 rings (SSSR count). The van der Waals surface area contributed by atoms with Gasteiger partial charge < -0.3 is 4.74 Å². The van der Waals surface area contributed by atoms with Crippen molar-refractivity contribution in [1.82, 2.24) is 4.98 Å². The third-order valence-electron chi connectivity index (χ3n) is 1.34. The molecular weight excluding hydrogens is 157 g/mol. The van der Waals surface area contributed by atoms with Gasteiger partial charge in [-0.15, -0.1) is 0 Å². The van der Waals surface area contributed by atoms with Crippen LogP contribution in [0.2, 0.25) is 0 Å². The summed E-state index contributed by atoms with van der Waals surface area (Å²) in [5, 5.41) is 0. The first-order chi connectivity index (χ1) is 5.68. The van der Waals surface area contributed by atoms with E-state index in [4.69, 9.17) is 4.74 Å². The van der Waals surface area contributed by atoms with Crippen molar-refractivity contribution in [2.45, 2.75) is 26.6 Å². The van der Waals surface area contributed by atoms with E-state index in [9.17, 15) is 4.39 Å². The van der Waals surface area contributed by atoms with Crippen molar-refractivity contribution in [3.05, 3.63) is 29.8 Å². The second kappa shape index (κ2) is 4.16. The molecule has 0 aliphatic rings. The van der Waals surface area contributed by atoms with Gasteiger partial charge in [-0.3, -0.25) is 0 Å². The summed E-state index contributed by atoms with van der Waals surface area (Å²) in [4.78, 5) is 3.65. The van der Waals surface area contributed by atoms with E-state index in [2.05, 4.69) is 4.98 Å². The van der Waals surface area contributed by atoms with Crippen molar-refractivity contribution >= 4 is 0 Å². The molecule has 0 unspecified atom stereocenters. The fourth-order valence-electron chi connectivity index (χ4n) is 0.783. The quantitative estimate of drug-likeness (QED) is 0.647. The van der Waals surface area contributed by atoms with Gasteiger partial charge in [0, 0.05) is 0 Å². The molecule has 0 bridgehead atoms. The van der Waals surface area contributed by atoms with Crippen molar-refractivity contribution in [3.8, 4) is 0 Å². The van der Waals surface area contributed by atoms with Crippen LogP contribution in [0.3, 0.4) is 0 Å². The van der Waals surface area contributed by atoms with Crippen LogP contribution in [0.15, 0.2) is 18.2 Å². The van der Waals surface area contributed by atoms with Gasteiger partial charge in [0.2, 0.25) is 5.95 Å². The minimum Gasteiger partial charge on any atom is -0.373 e. The third kappa shape index (κ3) is 2.96. The maximum absolute atomic E-state index is 12.5. The molecule has 0 aliphatic heterocycles. The van der Waals surface area contributed by atoms with E-state index in [-0.39, 0.29) is 6.10 Å². The fourth-order valence-corrected chi connectivity index (χ4v) is 0.783. The molecule has 0 atom stereocenters. The summed E-state index contributed by atoms with van der Waals surface area (Å²) in [7, 11) is 0. The predicted octanol–water partition coefficient (Wildman–Crippen LogP) is 2.15. The Morgan fingerprint density at radius 3 is 2.83 bits per heavy atom. The van der Waals surface area contributed by atoms with Crippen molar-refractivity contribution in [3.63, 3.8) is 0 Å². The van der Waals surface area contributed by atoms with Crippen molar-refractivity contribution in [2.75, 3.05) is 0 Å². The Morgan fingerprint density at radius 1 is 1.50 bits per heavy atom. The molecule has 0 N–H and O–H groups in total. The van der Waals surface area contributed by atoms with E-state index in [0.717, 1.165) is 0 Å². The van der Waals surface area contributed by atoms with Gasteiger partial charge >= 0.3 is 0 Å². The molecule has 0 saturated carbocycles. The number of hydrogen-bond acceptors (Lipinski definition) is 2. The summed E-state index contributed by atoms with van der Waals surface area (Å²) in [5.41, 5.74) is 0.628. The molecule has 0 radical (unpaired) electrons. The van der Waals surface area contributed by atoms with Gasteiger partial charge in [0.25, 0.3) is 0 Å². The molecule has 0 amide bonds. The summed E-state index contributed by atoms with van der Waals surface area (Å²) >= 11 is 0. The molecule has 2 nitrogen and oxygen atoms in total. The van der Waals surface area contributed by atoms with Gasteiger partial charge in [-0.2, -0.15) is 4.39 Å². The van der Waals surface area contributed by atoms with Crippen molar-refractivity contribution in [2.24, 2.45) is 0 Å². The van der Waals surface area contributed by atoms with Crippen molar-refractivity contribution < 1.29 is 9.13 Å². The molecule has 0 fully saturated rings. The van der Waals surface area contributed by atoms with Crippen LogP contribution >= 0.6 is 0 Å². The van der Waals surface area contributed by atoms with Crippen LogP contribution < -0.4 is 0 Å². The molecule has 0 aliphatic carbocycles. The monoisotopic (exact) mass is 169 g/mol. The Labute approximate surface area is 71.4 Å². The molecular formula is C9H12FNO. The van der Waals surface area contributed by atoms with Crippen LogP contribution in [-0.4, -0.2) is 11.1 Å². The van der Waals surface area contributed by atoms with E-state index in [1.54, 1.807) is 12.1 Å². The molecule has 12 heavy (non-hydrogen) atoms. The Kier molecular flexibility index (Phi) is 3.17. The summed E-state index contributed by atoms with van der Waals surface area (Å²) in [5.74, 6) is -0.458. The van der Waals surface area contributed by atoms with Gasteiger partial charge in [0.05, 0.1) is 18.4 Å². The first kappa shape index (κ1) is 9.13. The molecule has 1 heterocycles. The molecule has 3 heteroatoms. The summed E-state index contributed by atoms with van der Waals surface area (Å²) in [6, 6.07) is 4.69. The highest BCUT2D eigenvalue weighted by Gasteiger charge is 1.98. The van der Waals surface area contributed by atoms with E-state index in [0.29, 0.717) is 12.3 Å². The topological polar surface area (TPSA) is 22.1 Å². The number of aromatic nitrogens is 1. The number of ether oxygens (including phenoxy) is 1. The fraction of sp³-hybridized carbons (Fsp3) is 0.444. The number of hydrogen-bond donors (Lipinski definition) is 0. The molecule has 1 aromatic rings. The highest BCUT2D eigenvalue weighted by molar-refractivity contribution is 5.03. The van der Waals surface area contributed by atoms with E-state index in [1.165, 1.54) is 6.07 Å². The predicted molar refractivity (Wildman–Crippen MR) is 44.1 cm³/mol. The average molecular weight is 169 g/mol. The second-order valence-corrected chi connectivity index (χ2v) is 2.81. The minimum atomic E-state index is -0.458. The lowest BCUT2D eigenvalue weighted by Gasteiger charge is -2.05. The summed E-state index contributed by atoms with van der Waals surface area (Å²) in [6.07, 6.45) is 0.148. The van der Waals surface area contributed by atoms with Crippen LogP contribution in [0.1, 0.15) is 19.5 Å². The van der Waals surface area contributed by atoms with E-state index < -0.39 is 5.95 Å². The molecule has 66 valence electrons. The van der Waals surface area contributed by atoms with Crippen LogP contribution in [-0.2, 0) is 11.3 Å². The lowest BCUT2D eigenvalue weighted by atomic mass is 10.3. The lowest BCUT2D eigenvalue weighted by Crippen LogP contribution is -2.03. The Balaban J connectivity index is 2.52. The van der Waals surface area contributed by atoms with Gasteiger partial charge in [-0.05, 0) is 26.0 Å². The number of halogens is 1. The standard InChI is InChI=1S/C9H12FNO/c1-7(2)12-6-8-4-3-5-9(10)11-8/h3-5,7H,6H2,1-2H3. The Morgan fingerprint density at radius 2 is 2.25 bits per heavy atom. The summed E-state index contributed by atoms with van der Waals surface area (Å²) < 4.78 is 17.8. The maximum atomic E-state index is 12.5. The molecule has 0 aromatic carbocycles. The van der Waals surface area contributed by atoms with Gasteiger partial charge in [0.15, 0.2) is 0 Å². The van der Waals surface area contributed by atoms with E-state index >= 15 is 0 Å². The zero-order valence-corrected chi connectivity index (χ0v) is 7.25. The van der Waals surface area contributed by atoms with Gasteiger partial charge in [-0.1, -0.05) is 6.07 Å². The highest BCUT2D eigenvalue weighted by Crippen LogP contribution is 2.01. The first-order valence-corrected chi connectivity index (χ1v) is 3.91. The largest absolute Gasteiger partial charge is 0.373 e. The second-order valence-electron chi connectivity index (χ2n) is 2.81. The van der Waals surface area contributed by atoms with Crippen LogP contribution in [0.4, 0.5) is 4.39 Å². The highest BCUT2D eigenvalue weighted by atomic mass is 19.1. The smallest absolute Gasteiger partial charge is 0.213 e. The SMILES string of the molecule is CC(C)OCc1cccc(F)n1. The number of pyridine rings is 1. The third-order valence-corrected chi connectivity index (χ3v) is 1.34. The maximum Gasteiger partial charge on any atom is 0.213 e. The zero-order valence-electron chi connectivity index (χ0n) is 7.25. The van der Waals surface area contributed by atoms with Crippen LogP contribution in [0.25, 0.3) is 0 Å². The van der Waals surface area contributed by atoms with Crippen molar-refractivity contribution in [1.29, 1.82) is 0 Å². The van der Waals surface area contributed by atoms with E-state index in [1.807, 2.05) is 13.8 Å².